The first-order valence-corrected chi connectivity index (χ1v) is 6.15. The first kappa shape index (κ1) is 13.1. The van der Waals surface area contributed by atoms with Gasteiger partial charge in [0.1, 0.15) is 5.56 Å². The van der Waals surface area contributed by atoms with Crippen LogP contribution >= 0.6 is 0 Å². The van der Waals surface area contributed by atoms with E-state index in [1.807, 2.05) is 24.3 Å². The van der Waals surface area contributed by atoms with Crippen molar-refractivity contribution < 1.29 is 9.90 Å². The zero-order chi connectivity index (χ0) is 14.0. The van der Waals surface area contributed by atoms with Gasteiger partial charge in [-0.05, 0) is 17.9 Å². The van der Waals surface area contributed by atoms with Gasteiger partial charge in [-0.3, -0.25) is 5.10 Å². The minimum Gasteiger partial charge on any atom is -0.477 e. The van der Waals surface area contributed by atoms with Crippen molar-refractivity contribution in [2.24, 2.45) is 5.92 Å². The number of carboxylic acids is 1. The molecule has 0 bridgehead atoms. The van der Waals surface area contributed by atoms with E-state index in [1.165, 1.54) is 5.56 Å². The molecule has 0 aliphatic carbocycles. The Morgan fingerprint density at radius 2 is 2.00 bits per heavy atom. The number of rotatable bonds is 4. The molecule has 5 heteroatoms. The molecule has 100 valence electrons. The molecule has 0 unspecified atom stereocenters. The van der Waals surface area contributed by atoms with Crippen molar-refractivity contribution >= 4 is 11.8 Å². The summed E-state index contributed by atoms with van der Waals surface area (Å²) in [6, 6.07) is 7.77. The first-order chi connectivity index (χ1) is 8.99. The molecule has 0 aliphatic heterocycles. The third kappa shape index (κ3) is 2.76. The average Bonchev–Trinajstić information content (AvgIpc) is 2.71. The molecule has 2 aromatic rings. The molecule has 1 heterocycles. The lowest BCUT2D eigenvalue weighted by Crippen LogP contribution is -2.01. The maximum Gasteiger partial charge on any atom is 0.341 e. The van der Waals surface area contributed by atoms with Gasteiger partial charge in [-0.15, -0.1) is 0 Å². The van der Waals surface area contributed by atoms with E-state index in [9.17, 15) is 4.79 Å². The fourth-order valence-electron chi connectivity index (χ4n) is 2.06. The number of nitrogens with two attached hydrogens (primary N) is 1. The highest BCUT2D eigenvalue weighted by Gasteiger charge is 2.18. The molecule has 0 aliphatic rings. The van der Waals surface area contributed by atoms with E-state index in [0.717, 1.165) is 12.0 Å². The first-order valence-electron chi connectivity index (χ1n) is 6.15. The van der Waals surface area contributed by atoms with E-state index in [-0.39, 0.29) is 11.4 Å². The van der Waals surface area contributed by atoms with Gasteiger partial charge in [-0.2, -0.15) is 5.10 Å². The van der Waals surface area contributed by atoms with Crippen LogP contribution in [0.2, 0.25) is 0 Å². The predicted octanol–water partition coefficient (Wildman–Crippen LogP) is 2.56. The molecule has 0 atom stereocenters. The van der Waals surface area contributed by atoms with E-state index < -0.39 is 5.97 Å². The Labute approximate surface area is 111 Å². The summed E-state index contributed by atoms with van der Waals surface area (Å²) >= 11 is 0. The van der Waals surface area contributed by atoms with Gasteiger partial charge in [0.15, 0.2) is 5.82 Å². The highest BCUT2D eigenvalue weighted by atomic mass is 16.4. The van der Waals surface area contributed by atoms with Crippen LogP contribution in [0.1, 0.15) is 29.8 Å². The van der Waals surface area contributed by atoms with Crippen LogP contribution in [0.4, 0.5) is 5.82 Å². The monoisotopic (exact) mass is 259 g/mol. The molecule has 0 fully saturated rings. The lowest BCUT2D eigenvalue weighted by atomic mass is 10.00. The average molecular weight is 259 g/mol. The molecule has 4 N–H and O–H groups in total. The Kier molecular flexibility index (Phi) is 3.55. The van der Waals surface area contributed by atoms with Gasteiger partial charge in [-0.1, -0.05) is 38.1 Å². The number of carbonyl (C=O) groups is 1. The van der Waals surface area contributed by atoms with Crippen molar-refractivity contribution in [2.45, 2.75) is 20.3 Å². The van der Waals surface area contributed by atoms with Crippen LogP contribution < -0.4 is 5.73 Å². The minimum absolute atomic E-state index is 0.00811. The Balaban J connectivity index is 2.35. The van der Waals surface area contributed by atoms with Gasteiger partial charge < -0.3 is 10.8 Å². The SMILES string of the molecule is CC(C)Cc1ccc(-c2[nH]nc(N)c2C(=O)O)cc1. The van der Waals surface area contributed by atoms with Crippen molar-refractivity contribution in [3.8, 4) is 11.3 Å². The van der Waals surface area contributed by atoms with Gasteiger partial charge in [-0.25, -0.2) is 4.79 Å². The van der Waals surface area contributed by atoms with Gasteiger partial charge in [0.25, 0.3) is 0 Å². The zero-order valence-corrected chi connectivity index (χ0v) is 11.0. The van der Waals surface area contributed by atoms with E-state index in [4.69, 9.17) is 10.8 Å². The molecule has 0 spiro atoms. The smallest absolute Gasteiger partial charge is 0.341 e. The van der Waals surface area contributed by atoms with Crippen molar-refractivity contribution in [3.63, 3.8) is 0 Å². The second-order valence-electron chi connectivity index (χ2n) is 4.96. The molecule has 0 saturated heterocycles. The number of nitrogens with one attached hydrogen (secondary N) is 1. The Morgan fingerprint density at radius 1 is 1.37 bits per heavy atom. The highest BCUT2D eigenvalue weighted by Crippen LogP contribution is 2.25. The number of benzene rings is 1. The van der Waals surface area contributed by atoms with Crippen molar-refractivity contribution in [3.05, 3.63) is 35.4 Å². The van der Waals surface area contributed by atoms with Crippen LogP contribution in [0.5, 0.6) is 0 Å². The Hall–Kier alpha value is -2.30. The second-order valence-corrected chi connectivity index (χ2v) is 4.96. The summed E-state index contributed by atoms with van der Waals surface area (Å²) < 4.78 is 0. The summed E-state index contributed by atoms with van der Waals surface area (Å²) in [5.74, 6) is -0.482. The highest BCUT2D eigenvalue weighted by molar-refractivity contribution is 5.99. The number of nitrogens with zero attached hydrogens (tertiary/aromatic N) is 1. The van der Waals surface area contributed by atoms with Gasteiger partial charge in [0.05, 0.1) is 5.69 Å². The molecular weight excluding hydrogens is 242 g/mol. The molecule has 5 nitrogen and oxygen atoms in total. The van der Waals surface area contributed by atoms with Gasteiger partial charge >= 0.3 is 5.97 Å². The summed E-state index contributed by atoms with van der Waals surface area (Å²) in [5.41, 5.74) is 8.02. The number of anilines is 1. The van der Waals surface area contributed by atoms with Gasteiger partial charge in [0, 0.05) is 5.56 Å². The van der Waals surface area contributed by atoms with E-state index in [1.54, 1.807) is 0 Å². The quantitative estimate of drug-likeness (QED) is 0.786. The van der Waals surface area contributed by atoms with E-state index in [2.05, 4.69) is 24.0 Å². The van der Waals surface area contributed by atoms with Gasteiger partial charge in [0.2, 0.25) is 0 Å². The molecular formula is C14H17N3O2. The fourth-order valence-corrected chi connectivity index (χ4v) is 2.06. The van der Waals surface area contributed by atoms with Crippen LogP contribution in [0.3, 0.4) is 0 Å². The third-order valence-corrected chi connectivity index (χ3v) is 2.89. The largest absolute Gasteiger partial charge is 0.477 e. The summed E-state index contributed by atoms with van der Waals surface area (Å²) in [4.78, 5) is 11.1. The van der Waals surface area contributed by atoms with Crippen molar-refractivity contribution in [1.82, 2.24) is 10.2 Å². The van der Waals surface area contributed by atoms with Crippen LogP contribution in [0.15, 0.2) is 24.3 Å². The van der Waals surface area contributed by atoms with Crippen LogP contribution in [0, 0.1) is 5.92 Å². The molecule has 19 heavy (non-hydrogen) atoms. The molecule has 0 radical (unpaired) electrons. The predicted molar refractivity (Wildman–Crippen MR) is 73.9 cm³/mol. The minimum atomic E-state index is -1.08. The molecule has 0 saturated carbocycles. The standard InChI is InChI=1S/C14H17N3O2/c1-8(2)7-9-3-5-10(6-4-9)12-11(14(18)19)13(15)17-16-12/h3-6,8H,7H2,1-2H3,(H,18,19)(H3,15,16,17). The maximum absolute atomic E-state index is 11.1. The molecule has 1 aromatic carbocycles. The van der Waals surface area contributed by atoms with Crippen LogP contribution in [-0.2, 0) is 6.42 Å². The summed E-state index contributed by atoms with van der Waals surface area (Å²) in [7, 11) is 0. The molecule has 1 aromatic heterocycles. The van der Waals surface area contributed by atoms with E-state index >= 15 is 0 Å². The van der Waals surface area contributed by atoms with Crippen LogP contribution in [-0.4, -0.2) is 21.3 Å². The van der Waals surface area contributed by atoms with Crippen molar-refractivity contribution in [2.75, 3.05) is 5.73 Å². The maximum atomic E-state index is 11.1. The lowest BCUT2D eigenvalue weighted by molar-refractivity contribution is 0.0699. The zero-order valence-electron chi connectivity index (χ0n) is 11.0. The molecule has 0 amide bonds. The summed E-state index contributed by atoms with van der Waals surface area (Å²) in [5, 5.41) is 15.6. The second kappa shape index (κ2) is 5.14. The number of H-pyrrole nitrogens is 1. The number of hydrogen-bond acceptors (Lipinski definition) is 3. The number of hydrogen-bond donors (Lipinski definition) is 3. The number of aromatic amines is 1. The summed E-state index contributed by atoms with van der Waals surface area (Å²) in [6.07, 6.45) is 0.997. The number of aromatic nitrogens is 2. The topological polar surface area (TPSA) is 92.0 Å². The Morgan fingerprint density at radius 3 is 2.53 bits per heavy atom. The summed E-state index contributed by atoms with van der Waals surface area (Å²) in [6.45, 7) is 4.32. The molecule has 2 rings (SSSR count). The third-order valence-electron chi connectivity index (χ3n) is 2.89. The number of nitrogen functional groups attached to an aromatic ring is 1. The number of carboxylic acid groups (broad SMARTS) is 1. The van der Waals surface area contributed by atoms with Crippen molar-refractivity contribution in [1.29, 1.82) is 0 Å². The lowest BCUT2D eigenvalue weighted by Gasteiger charge is -2.06. The Bertz CT molecular complexity index is 585. The number of aromatic carboxylic acids is 1. The van der Waals surface area contributed by atoms with E-state index in [0.29, 0.717) is 11.6 Å². The normalized spacial score (nSPS) is 10.9. The van der Waals surface area contributed by atoms with Crippen LogP contribution in [0.25, 0.3) is 11.3 Å². The fraction of sp³-hybridized carbons (Fsp3) is 0.286.